The lowest BCUT2D eigenvalue weighted by Gasteiger charge is -2.06. The summed E-state index contributed by atoms with van der Waals surface area (Å²) in [5.74, 6) is 0. The van der Waals surface area contributed by atoms with Crippen LogP contribution in [0.1, 0.15) is 13.8 Å². The van der Waals surface area contributed by atoms with Gasteiger partial charge in [-0.2, -0.15) is 0 Å². The molecular formula is C10H13NOS. The molecule has 0 bridgehead atoms. The van der Waals surface area contributed by atoms with Crippen molar-refractivity contribution in [1.82, 2.24) is 5.32 Å². The van der Waals surface area contributed by atoms with E-state index in [2.05, 4.69) is 5.32 Å². The summed E-state index contributed by atoms with van der Waals surface area (Å²) in [6.45, 7) is 3.90. The van der Waals surface area contributed by atoms with E-state index >= 15 is 0 Å². The van der Waals surface area contributed by atoms with Gasteiger partial charge < -0.3 is 5.32 Å². The normalized spacial score (nSPS) is 10.1. The van der Waals surface area contributed by atoms with Crippen LogP contribution in [0.25, 0.3) is 0 Å². The molecule has 0 aliphatic carbocycles. The van der Waals surface area contributed by atoms with E-state index in [1.807, 2.05) is 44.2 Å². The molecular weight excluding hydrogens is 182 g/mol. The largest absolute Gasteiger partial charge is 0.345 e. The van der Waals surface area contributed by atoms with Crippen LogP contribution in [0.15, 0.2) is 35.2 Å². The van der Waals surface area contributed by atoms with Gasteiger partial charge in [0.2, 0.25) is 0 Å². The van der Waals surface area contributed by atoms with Gasteiger partial charge in [0.15, 0.2) is 0 Å². The van der Waals surface area contributed by atoms with Gasteiger partial charge in [-0.3, -0.25) is 4.79 Å². The average Bonchev–Trinajstić information content (AvgIpc) is 2.04. The summed E-state index contributed by atoms with van der Waals surface area (Å²) < 4.78 is 0. The molecule has 0 unspecified atom stereocenters. The smallest absolute Gasteiger partial charge is 0.284 e. The first kappa shape index (κ1) is 10.1. The number of hydrogen-bond donors (Lipinski definition) is 1. The Hall–Kier alpha value is -0.960. The molecule has 3 heteroatoms. The fourth-order valence-electron chi connectivity index (χ4n) is 0.861. The molecule has 0 radical (unpaired) electrons. The van der Waals surface area contributed by atoms with Gasteiger partial charge in [-0.1, -0.05) is 18.2 Å². The van der Waals surface area contributed by atoms with Gasteiger partial charge in [0, 0.05) is 10.9 Å². The van der Waals surface area contributed by atoms with E-state index in [9.17, 15) is 4.79 Å². The molecule has 1 amide bonds. The van der Waals surface area contributed by atoms with E-state index in [0.29, 0.717) is 0 Å². The Morgan fingerprint density at radius 3 is 2.46 bits per heavy atom. The van der Waals surface area contributed by atoms with E-state index in [1.165, 1.54) is 11.8 Å². The van der Waals surface area contributed by atoms with Crippen molar-refractivity contribution in [2.75, 3.05) is 0 Å². The zero-order valence-electron chi connectivity index (χ0n) is 7.78. The maximum atomic E-state index is 11.3. The molecule has 1 aromatic carbocycles. The molecule has 0 saturated heterocycles. The van der Waals surface area contributed by atoms with Crippen LogP contribution in [0, 0.1) is 0 Å². The molecule has 0 atom stereocenters. The van der Waals surface area contributed by atoms with Gasteiger partial charge in [-0.25, -0.2) is 0 Å². The first-order chi connectivity index (χ1) is 6.18. The Morgan fingerprint density at radius 2 is 1.92 bits per heavy atom. The number of nitrogens with one attached hydrogen (secondary N) is 1. The van der Waals surface area contributed by atoms with E-state index < -0.39 is 0 Å². The summed E-state index contributed by atoms with van der Waals surface area (Å²) in [5.41, 5.74) is 0. The van der Waals surface area contributed by atoms with Gasteiger partial charge in [0.1, 0.15) is 0 Å². The van der Waals surface area contributed by atoms with Crippen molar-refractivity contribution in [3.05, 3.63) is 30.3 Å². The highest BCUT2D eigenvalue weighted by molar-refractivity contribution is 8.13. The quantitative estimate of drug-likeness (QED) is 0.735. The summed E-state index contributed by atoms with van der Waals surface area (Å²) >= 11 is 1.22. The fourth-order valence-corrected chi connectivity index (χ4v) is 1.66. The number of carbonyl (C=O) groups excluding carboxylic acids is 1. The molecule has 1 N–H and O–H groups in total. The van der Waals surface area contributed by atoms with Crippen molar-refractivity contribution in [3.8, 4) is 0 Å². The summed E-state index contributed by atoms with van der Waals surface area (Å²) in [4.78, 5) is 12.2. The fraction of sp³-hybridized carbons (Fsp3) is 0.300. The minimum Gasteiger partial charge on any atom is -0.345 e. The Bertz CT molecular complexity index is 272. The van der Waals surface area contributed by atoms with Crippen LogP contribution < -0.4 is 5.32 Å². The highest BCUT2D eigenvalue weighted by Crippen LogP contribution is 2.17. The van der Waals surface area contributed by atoms with Crippen molar-refractivity contribution in [2.24, 2.45) is 0 Å². The summed E-state index contributed by atoms with van der Waals surface area (Å²) in [6, 6.07) is 9.82. The monoisotopic (exact) mass is 195 g/mol. The van der Waals surface area contributed by atoms with Crippen LogP contribution in [0.4, 0.5) is 4.79 Å². The number of amides is 1. The lowest BCUT2D eigenvalue weighted by atomic mass is 10.4. The second-order valence-corrected chi connectivity index (χ2v) is 4.05. The first-order valence-corrected chi connectivity index (χ1v) is 5.03. The van der Waals surface area contributed by atoms with Crippen molar-refractivity contribution in [2.45, 2.75) is 24.8 Å². The molecule has 1 aromatic rings. The van der Waals surface area contributed by atoms with E-state index in [-0.39, 0.29) is 11.3 Å². The van der Waals surface area contributed by atoms with Crippen LogP contribution in [0.3, 0.4) is 0 Å². The Kier molecular flexibility index (Phi) is 3.83. The lowest BCUT2D eigenvalue weighted by Crippen LogP contribution is -2.26. The minimum atomic E-state index is 0.00111. The lowest BCUT2D eigenvalue weighted by molar-refractivity contribution is 0.259. The molecule has 0 aliphatic heterocycles. The third kappa shape index (κ3) is 3.99. The van der Waals surface area contributed by atoms with Gasteiger partial charge >= 0.3 is 0 Å². The van der Waals surface area contributed by atoms with Gasteiger partial charge in [-0.05, 0) is 37.7 Å². The maximum absolute atomic E-state index is 11.3. The highest BCUT2D eigenvalue weighted by atomic mass is 32.2. The maximum Gasteiger partial charge on any atom is 0.284 e. The second kappa shape index (κ2) is 4.92. The molecule has 0 saturated carbocycles. The Balaban J connectivity index is 2.46. The molecule has 2 nitrogen and oxygen atoms in total. The highest BCUT2D eigenvalue weighted by Gasteiger charge is 2.04. The van der Waals surface area contributed by atoms with Crippen LogP contribution in [-0.2, 0) is 0 Å². The predicted octanol–water partition coefficient (Wildman–Crippen LogP) is 2.90. The van der Waals surface area contributed by atoms with Crippen LogP contribution in [-0.4, -0.2) is 11.3 Å². The van der Waals surface area contributed by atoms with Gasteiger partial charge in [0.05, 0.1) is 0 Å². The standard InChI is InChI=1S/C10H13NOS/c1-8(2)11-10(12)13-9-6-4-3-5-7-9/h3-8H,1-2H3,(H,11,12). The van der Waals surface area contributed by atoms with Crippen molar-refractivity contribution >= 4 is 17.0 Å². The van der Waals surface area contributed by atoms with Crippen LogP contribution >= 0.6 is 11.8 Å². The van der Waals surface area contributed by atoms with Crippen LogP contribution in [0.2, 0.25) is 0 Å². The summed E-state index contributed by atoms with van der Waals surface area (Å²) in [6.07, 6.45) is 0. The Labute approximate surface area is 82.7 Å². The third-order valence-electron chi connectivity index (χ3n) is 1.36. The van der Waals surface area contributed by atoms with Gasteiger partial charge in [-0.15, -0.1) is 0 Å². The minimum absolute atomic E-state index is 0.00111. The zero-order valence-corrected chi connectivity index (χ0v) is 8.60. The van der Waals surface area contributed by atoms with E-state index in [4.69, 9.17) is 0 Å². The number of rotatable bonds is 2. The number of thioether (sulfide) groups is 1. The average molecular weight is 195 g/mol. The molecule has 0 aliphatic rings. The number of benzene rings is 1. The topological polar surface area (TPSA) is 29.1 Å². The first-order valence-electron chi connectivity index (χ1n) is 4.22. The summed E-state index contributed by atoms with van der Waals surface area (Å²) in [7, 11) is 0. The summed E-state index contributed by atoms with van der Waals surface area (Å²) in [5, 5.41) is 2.82. The molecule has 1 rings (SSSR count). The molecule has 0 aromatic heterocycles. The predicted molar refractivity (Wildman–Crippen MR) is 56.0 cm³/mol. The second-order valence-electron chi connectivity index (χ2n) is 3.00. The van der Waals surface area contributed by atoms with E-state index in [0.717, 1.165) is 4.90 Å². The molecule has 70 valence electrons. The Morgan fingerprint density at radius 1 is 1.31 bits per heavy atom. The number of carbonyl (C=O) groups is 1. The molecule has 0 spiro atoms. The molecule has 0 heterocycles. The van der Waals surface area contributed by atoms with Crippen LogP contribution in [0.5, 0.6) is 0 Å². The van der Waals surface area contributed by atoms with Crippen molar-refractivity contribution in [1.29, 1.82) is 0 Å². The van der Waals surface area contributed by atoms with Gasteiger partial charge in [0.25, 0.3) is 5.24 Å². The van der Waals surface area contributed by atoms with Crippen molar-refractivity contribution < 1.29 is 4.79 Å². The molecule has 13 heavy (non-hydrogen) atoms. The SMILES string of the molecule is CC(C)NC(=O)Sc1ccccc1. The third-order valence-corrected chi connectivity index (χ3v) is 2.17. The molecule has 0 fully saturated rings. The van der Waals surface area contributed by atoms with Crippen molar-refractivity contribution in [3.63, 3.8) is 0 Å². The number of hydrogen-bond acceptors (Lipinski definition) is 2. The van der Waals surface area contributed by atoms with E-state index in [1.54, 1.807) is 0 Å². The zero-order chi connectivity index (χ0) is 9.68.